The first kappa shape index (κ1) is 42.4. The van der Waals surface area contributed by atoms with Crippen molar-refractivity contribution in [3.8, 4) is 28.1 Å². The summed E-state index contributed by atoms with van der Waals surface area (Å²) in [7, 11) is 4.21. The molecule has 9 rings (SSSR count). The van der Waals surface area contributed by atoms with Crippen molar-refractivity contribution < 1.29 is 38.1 Å². The van der Waals surface area contributed by atoms with Crippen LogP contribution in [0.15, 0.2) is 79.0 Å². The third-order valence-corrected chi connectivity index (χ3v) is 12.9. The smallest absolute Gasteiger partial charge is 0.407 e. The second-order valence-electron chi connectivity index (χ2n) is 16.8. The average Bonchev–Trinajstić information content (AvgIpc) is 4.15. The molecule has 16 nitrogen and oxygen atoms in total. The molecular weight excluding hydrogens is 817 g/mol. The highest BCUT2D eigenvalue weighted by atomic mass is 16.5. The molecule has 3 aliphatic heterocycles. The number of methoxy groups -OCH3 is 3. The number of H-pyrrole nitrogens is 2. The Morgan fingerprint density at radius 2 is 1.67 bits per heavy atom. The summed E-state index contributed by atoms with van der Waals surface area (Å²) in [5.41, 5.74) is 7.10. The molecule has 6 aromatic rings. The normalized spacial score (nSPS) is 20.0. The van der Waals surface area contributed by atoms with E-state index in [1.54, 1.807) is 18.2 Å². The molecule has 4 aromatic carbocycles. The van der Waals surface area contributed by atoms with E-state index in [4.69, 9.17) is 28.9 Å². The topological polar surface area (TPSA) is 193 Å². The van der Waals surface area contributed by atoms with Crippen molar-refractivity contribution >= 4 is 45.8 Å². The molecule has 16 heteroatoms. The number of nitrogens with zero attached hydrogens (tertiary/aromatic N) is 4. The van der Waals surface area contributed by atoms with Crippen LogP contribution in [0.3, 0.4) is 0 Å². The fourth-order valence-corrected chi connectivity index (χ4v) is 9.68. The van der Waals surface area contributed by atoms with Gasteiger partial charge >= 0.3 is 12.2 Å². The third-order valence-electron chi connectivity index (χ3n) is 12.9. The first-order valence-electron chi connectivity index (χ1n) is 21.7. The predicted molar refractivity (Wildman–Crippen MR) is 238 cm³/mol. The molecule has 6 atom stereocenters. The van der Waals surface area contributed by atoms with Gasteiger partial charge in [-0.15, -0.1) is 0 Å². The summed E-state index contributed by atoms with van der Waals surface area (Å²) < 4.78 is 21.6. The number of aromatic amines is 2. The van der Waals surface area contributed by atoms with E-state index in [1.807, 2.05) is 55.1 Å². The number of hydrogen-bond acceptors (Lipinski definition) is 10. The Balaban J connectivity index is 0.973. The maximum atomic E-state index is 14.3. The SMILES string of the molecule is CC[C@H](NC(=O)OC)C(=O)N1[C@@H](C)CC[C@H]1c1nc2c(ccc3cc4c(cc32)OCc2cc(-c3cnc([C@@H]5C[C@H](COC)CN5C(=O)C(NC(=O)OC)c5ccccc5)[nH]3)ccc2-4)[nH]1. The lowest BCUT2D eigenvalue weighted by molar-refractivity contribution is -0.136. The number of carbonyl (C=O) groups excluding carboxylic acids is 4. The number of amides is 4. The molecular formula is C48H52N8O8. The van der Waals surface area contributed by atoms with Crippen LogP contribution in [-0.2, 0) is 30.4 Å². The number of hydrogen-bond donors (Lipinski definition) is 4. The molecule has 0 aliphatic carbocycles. The van der Waals surface area contributed by atoms with Gasteiger partial charge in [-0.3, -0.25) is 9.59 Å². The van der Waals surface area contributed by atoms with Gasteiger partial charge in [0, 0.05) is 36.6 Å². The van der Waals surface area contributed by atoms with Crippen LogP contribution in [0.25, 0.3) is 44.2 Å². The molecule has 0 spiro atoms. The molecule has 4 N–H and O–H groups in total. The maximum Gasteiger partial charge on any atom is 0.407 e. The Labute approximate surface area is 370 Å². The summed E-state index contributed by atoms with van der Waals surface area (Å²) >= 11 is 0. The molecule has 4 amide bonds. The van der Waals surface area contributed by atoms with Crippen molar-refractivity contribution in [2.75, 3.05) is 34.5 Å². The van der Waals surface area contributed by atoms with Crippen LogP contribution in [0.2, 0.25) is 0 Å². The number of aromatic nitrogens is 4. The molecule has 1 unspecified atom stereocenters. The molecule has 0 saturated carbocycles. The Bertz CT molecular complexity index is 2730. The standard InChI is InChI=1S/C48H52N8O8/c1-6-35(52-47(59)62-4)45(57)56-26(2)12-17-38(56)44-50-36-16-14-29-20-34-32-15-13-30(19-31(32)25-64-40(34)21-33(29)42(36)53-44)37-22-49-43(51-37)39-18-27(24-61-3)23-55(39)46(58)41(54-48(60)63-5)28-10-8-7-9-11-28/h7-11,13-16,19-22,26-27,35,38-39,41H,6,12,17-18,23-25H2,1-5H3,(H,49,51)(H,50,53)(H,52,59)(H,54,60)/t26-,27-,35-,38-,39-,41?/m0/s1. The van der Waals surface area contributed by atoms with E-state index in [0.717, 1.165) is 68.3 Å². The number of alkyl carbamates (subject to hydrolysis) is 2. The largest absolute Gasteiger partial charge is 0.488 e. The van der Waals surface area contributed by atoms with Gasteiger partial charge in [0.1, 0.15) is 36.1 Å². The van der Waals surface area contributed by atoms with E-state index in [9.17, 15) is 19.2 Å². The van der Waals surface area contributed by atoms with Gasteiger partial charge in [0.2, 0.25) is 5.91 Å². The van der Waals surface area contributed by atoms with Crippen molar-refractivity contribution in [2.45, 2.75) is 76.3 Å². The zero-order valence-electron chi connectivity index (χ0n) is 36.5. The molecule has 2 saturated heterocycles. The number of carbonyl (C=O) groups is 4. The van der Waals surface area contributed by atoms with Gasteiger partial charge in [-0.25, -0.2) is 19.6 Å². The highest BCUT2D eigenvalue weighted by Crippen LogP contribution is 2.44. The van der Waals surface area contributed by atoms with E-state index in [0.29, 0.717) is 49.8 Å². The summed E-state index contributed by atoms with van der Waals surface area (Å²) in [6.07, 6.45) is 3.09. The molecule has 2 aromatic heterocycles. The van der Waals surface area contributed by atoms with Crippen molar-refractivity contribution in [1.29, 1.82) is 0 Å². The summed E-state index contributed by atoms with van der Waals surface area (Å²) in [5.74, 6) is 1.76. The molecule has 0 bridgehead atoms. The van der Waals surface area contributed by atoms with Crippen molar-refractivity contribution in [3.63, 3.8) is 0 Å². The minimum absolute atomic E-state index is 0.0223. The van der Waals surface area contributed by atoms with Crippen LogP contribution in [0.4, 0.5) is 9.59 Å². The Kier molecular flexibility index (Phi) is 11.7. The number of fused-ring (bicyclic) bond motifs is 6. The van der Waals surface area contributed by atoms with Gasteiger partial charge in [0.25, 0.3) is 5.91 Å². The summed E-state index contributed by atoms with van der Waals surface area (Å²) in [5, 5.41) is 7.37. The van der Waals surface area contributed by atoms with Crippen molar-refractivity contribution in [2.24, 2.45) is 5.92 Å². The van der Waals surface area contributed by atoms with Crippen LogP contribution >= 0.6 is 0 Å². The maximum absolute atomic E-state index is 14.3. The number of nitrogens with one attached hydrogen (secondary N) is 4. The van der Waals surface area contributed by atoms with Crippen LogP contribution < -0.4 is 15.4 Å². The molecule has 2 fully saturated rings. The fourth-order valence-electron chi connectivity index (χ4n) is 9.68. The minimum Gasteiger partial charge on any atom is -0.488 e. The first-order chi connectivity index (χ1) is 31.1. The predicted octanol–water partition coefficient (Wildman–Crippen LogP) is 7.49. The monoisotopic (exact) mass is 868 g/mol. The van der Waals surface area contributed by atoms with Crippen LogP contribution in [0, 0.1) is 5.92 Å². The molecule has 5 heterocycles. The number of ether oxygens (including phenoxy) is 4. The number of rotatable bonds is 11. The molecule has 0 radical (unpaired) electrons. The van der Waals surface area contributed by atoms with E-state index >= 15 is 0 Å². The molecule has 332 valence electrons. The third kappa shape index (κ3) is 7.86. The van der Waals surface area contributed by atoms with E-state index in [2.05, 4.69) is 57.0 Å². The van der Waals surface area contributed by atoms with E-state index in [-0.39, 0.29) is 35.9 Å². The highest BCUT2D eigenvalue weighted by molar-refractivity contribution is 6.07. The van der Waals surface area contributed by atoms with Gasteiger partial charge < -0.3 is 49.3 Å². The summed E-state index contributed by atoms with van der Waals surface area (Å²) in [6, 6.07) is 21.4. The Morgan fingerprint density at radius 3 is 2.44 bits per heavy atom. The van der Waals surface area contributed by atoms with E-state index in [1.165, 1.54) is 14.2 Å². The lowest BCUT2D eigenvalue weighted by Gasteiger charge is -2.31. The zero-order valence-corrected chi connectivity index (χ0v) is 36.5. The lowest BCUT2D eigenvalue weighted by Crippen LogP contribution is -2.50. The lowest BCUT2D eigenvalue weighted by atomic mass is 9.92. The minimum atomic E-state index is -0.947. The highest BCUT2D eigenvalue weighted by Gasteiger charge is 2.42. The Hall–Kier alpha value is -6.94. The van der Waals surface area contributed by atoms with E-state index < -0.39 is 24.3 Å². The number of likely N-dealkylation sites (tertiary alicyclic amines) is 2. The number of imidazole rings is 2. The Morgan fingerprint density at radius 1 is 0.875 bits per heavy atom. The quantitative estimate of drug-likeness (QED) is 0.101. The van der Waals surface area contributed by atoms with Crippen LogP contribution in [0.1, 0.15) is 80.4 Å². The average molecular weight is 869 g/mol. The molecule has 64 heavy (non-hydrogen) atoms. The second kappa shape index (κ2) is 17.7. The van der Waals surface area contributed by atoms with Gasteiger partial charge in [0.05, 0.1) is 55.8 Å². The second-order valence-corrected chi connectivity index (χ2v) is 16.8. The fraction of sp³-hybridized carbons (Fsp3) is 0.375. The number of benzene rings is 4. The summed E-state index contributed by atoms with van der Waals surface area (Å²) in [4.78, 5) is 73.1. The molecule has 3 aliphatic rings. The van der Waals surface area contributed by atoms with Crippen LogP contribution in [0.5, 0.6) is 5.75 Å². The first-order valence-corrected chi connectivity index (χ1v) is 21.7. The van der Waals surface area contributed by atoms with Gasteiger partial charge in [-0.1, -0.05) is 55.5 Å². The summed E-state index contributed by atoms with van der Waals surface area (Å²) in [6.45, 7) is 5.16. The van der Waals surface area contributed by atoms with Crippen molar-refractivity contribution in [1.82, 2.24) is 40.4 Å². The van der Waals surface area contributed by atoms with Crippen LogP contribution in [-0.4, -0.2) is 100 Å². The zero-order chi connectivity index (χ0) is 44.6. The van der Waals surface area contributed by atoms with Crippen molar-refractivity contribution in [3.05, 3.63) is 102 Å². The van der Waals surface area contributed by atoms with Gasteiger partial charge in [0.15, 0.2) is 0 Å². The van der Waals surface area contributed by atoms with Gasteiger partial charge in [-0.2, -0.15) is 0 Å². The van der Waals surface area contributed by atoms with Gasteiger partial charge in [-0.05, 0) is 84.5 Å².